The molecule has 0 bridgehead atoms. The molecule has 0 aliphatic rings. The van der Waals surface area contributed by atoms with Crippen LogP contribution in [0.5, 0.6) is 0 Å². The fraction of sp³-hybridized carbons (Fsp3) is 0.579. The van der Waals surface area contributed by atoms with Crippen LogP contribution in [0.4, 0.5) is 5.69 Å². The lowest BCUT2D eigenvalue weighted by molar-refractivity contribution is -0.127. The second-order valence-corrected chi connectivity index (χ2v) is 6.44. The summed E-state index contributed by atoms with van der Waals surface area (Å²) >= 11 is 0. The highest BCUT2D eigenvalue weighted by Gasteiger charge is 2.07. The van der Waals surface area contributed by atoms with Gasteiger partial charge in [-0.25, -0.2) is 4.99 Å². The van der Waals surface area contributed by atoms with Crippen molar-refractivity contribution in [2.24, 2.45) is 4.99 Å². The molecule has 0 aliphatic heterocycles. The lowest BCUT2D eigenvalue weighted by Gasteiger charge is -2.21. The van der Waals surface area contributed by atoms with Gasteiger partial charge in [0.15, 0.2) is 5.96 Å². The number of halogens is 1. The standard InChI is InChI=1S/C19H33N5O.HI/c1-6-16(2)22-19(21-15-18(25)23(3)4)20-13-10-14-24(5)17-11-8-7-9-12-17;/h7-9,11-12,16H,6,10,13-15H2,1-5H3,(H2,20,21,22);1H. The fourth-order valence-corrected chi connectivity index (χ4v) is 2.11. The summed E-state index contributed by atoms with van der Waals surface area (Å²) in [4.78, 5) is 19.9. The first-order valence-corrected chi connectivity index (χ1v) is 8.95. The van der Waals surface area contributed by atoms with Gasteiger partial charge in [-0.2, -0.15) is 0 Å². The van der Waals surface area contributed by atoms with Crippen LogP contribution in [0.3, 0.4) is 0 Å². The van der Waals surface area contributed by atoms with Gasteiger partial charge in [0, 0.05) is 46.0 Å². The van der Waals surface area contributed by atoms with Crippen LogP contribution in [0.2, 0.25) is 0 Å². The van der Waals surface area contributed by atoms with Crippen LogP contribution in [0.25, 0.3) is 0 Å². The largest absolute Gasteiger partial charge is 0.375 e. The summed E-state index contributed by atoms with van der Waals surface area (Å²) in [6, 6.07) is 10.7. The van der Waals surface area contributed by atoms with Crippen molar-refractivity contribution in [3.05, 3.63) is 30.3 Å². The highest BCUT2D eigenvalue weighted by Crippen LogP contribution is 2.10. The molecule has 0 aromatic heterocycles. The zero-order valence-corrected chi connectivity index (χ0v) is 19.0. The minimum Gasteiger partial charge on any atom is -0.375 e. The Kier molecular flexibility index (Phi) is 12.9. The van der Waals surface area contributed by atoms with E-state index >= 15 is 0 Å². The van der Waals surface area contributed by atoms with Crippen LogP contribution >= 0.6 is 24.0 Å². The molecule has 1 aromatic carbocycles. The van der Waals surface area contributed by atoms with Crippen molar-refractivity contribution in [2.45, 2.75) is 32.7 Å². The van der Waals surface area contributed by atoms with Gasteiger partial charge in [0.1, 0.15) is 6.54 Å². The van der Waals surface area contributed by atoms with Gasteiger partial charge in [-0.3, -0.25) is 4.79 Å². The number of carbonyl (C=O) groups is 1. The maximum atomic E-state index is 11.7. The Morgan fingerprint density at radius 1 is 1.19 bits per heavy atom. The number of carbonyl (C=O) groups excluding carboxylic acids is 1. The number of anilines is 1. The summed E-state index contributed by atoms with van der Waals surface area (Å²) in [5, 5.41) is 6.66. The van der Waals surface area contributed by atoms with E-state index in [-0.39, 0.29) is 36.4 Å². The van der Waals surface area contributed by atoms with E-state index in [0.29, 0.717) is 12.0 Å². The number of nitrogens with one attached hydrogen (secondary N) is 2. The van der Waals surface area contributed by atoms with Gasteiger partial charge in [-0.1, -0.05) is 25.1 Å². The molecule has 1 unspecified atom stereocenters. The van der Waals surface area contributed by atoms with E-state index in [1.54, 1.807) is 19.0 Å². The first kappa shape index (κ1) is 24.5. The van der Waals surface area contributed by atoms with E-state index in [9.17, 15) is 4.79 Å². The van der Waals surface area contributed by atoms with E-state index < -0.39 is 0 Å². The van der Waals surface area contributed by atoms with Gasteiger partial charge in [0.25, 0.3) is 0 Å². The predicted molar refractivity (Wildman–Crippen MR) is 122 cm³/mol. The third kappa shape index (κ3) is 9.84. The number of aliphatic imine (C=N–C) groups is 1. The number of amides is 1. The van der Waals surface area contributed by atoms with Crippen LogP contribution in [0, 0.1) is 0 Å². The number of nitrogens with zero attached hydrogens (tertiary/aromatic N) is 3. The van der Waals surface area contributed by atoms with E-state index in [1.165, 1.54) is 5.69 Å². The molecule has 2 N–H and O–H groups in total. The van der Waals surface area contributed by atoms with Gasteiger partial charge in [0.05, 0.1) is 0 Å². The number of guanidine groups is 1. The Balaban J connectivity index is 0.00000625. The van der Waals surface area contributed by atoms with Gasteiger partial charge in [-0.05, 0) is 31.9 Å². The Bertz CT molecular complexity index is 536. The van der Waals surface area contributed by atoms with Crippen LogP contribution in [0.15, 0.2) is 35.3 Å². The normalized spacial score (nSPS) is 12.0. The van der Waals surface area contributed by atoms with E-state index in [1.807, 2.05) is 18.2 Å². The SMILES string of the molecule is CCC(C)NC(=NCC(=O)N(C)C)NCCCN(C)c1ccccc1.I. The average molecular weight is 475 g/mol. The van der Waals surface area contributed by atoms with Gasteiger partial charge in [0.2, 0.25) is 5.91 Å². The number of benzene rings is 1. The third-order valence-electron chi connectivity index (χ3n) is 4.03. The van der Waals surface area contributed by atoms with E-state index in [4.69, 9.17) is 0 Å². The molecule has 0 fully saturated rings. The van der Waals surface area contributed by atoms with E-state index in [2.05, 4.69) is 53.6 Å². The molecule has 6 nitrogen and oxygen atoms in total. The number of para-hydroxylation sites is 1. The fourth-order valence-electron chi connectivity index (χ4n) is 2.11. The highest BCUT2D eigenvalue weighted by atomic mass is 127. The summed E-state index contributed by atoms with van der Waals surface area (Å²) in [7, 11) is 5.58. The Morgan fingerprint density at radius 2 is 1.85 bits per heavy atom. The molecule has 7 heteroatoms. The van der Waals surface area contributed by atoms with Gasteiger partial charge in [-0.15, -0.1) is 24.0 Å². The topological polar surface area (TPSA) is 60.0 Å². The van der Waals surface area contributed by atoms with Crippen LogP contribution in [0.1, 0.15) is 26.7 Å². The molecular weight excluding hydrogens is 441 g/mol. The molecule has 0 aliphatic carbocycles. The minimum absolute atomic E-state index is 0. The lowest BCUT2D eigenvalue weighted by atomic mass is 10.2. The highest BCUT2D eigenvalue weighted by molar-refractivity contribution is 14.0. The number of hydrogen-bond acceptors (Lipinski definition) is 3. The summed E-state index contributed by atoms with van der Waals surface area (Å²) in [5.41, 5.74) is 1.21. The molecule has 0 radical (unpaired) electrons. The average Bonchev–Trinajstić information content (AvgIpc) is 2.62. The maximum Gasteiger partial charge on any atom is 0.243 e. The summed E-state index contributed by atoms with van der Waals surface area (Å²) in [6.07, 6.45) is 1.98. The van der Waals surface area contributed by atoms with Crippen molar-refractivity contribution < 1.29 is 4.79 Å². The van der Waals surface area contributed by atoms with Crippen molar-refractivity contribution in [2.75, 3.05) is 45.7 Å². The van der Waals surface area contributed by atoms with Crippen molar-refractivity contribution in [1.82, 2.24) is 15.5 Å². The number of hydrogen-bond donors (Lipinski definition) is 2. The van der Waals surface area contributed by atoms with Crippen molar-refractivity contribution in [3.63, 3.8) is 0 Å². The molecule has 0 spiro atoms. The third-order valence-corrected chi connectivity index (χ3v) is 4.03. The molecule has 0 saturated carbocycles. The lowest BCUT2D eigenvalue weighted by Crippen LogP contribution is -2.43. The zero-order valence-electron chi connectivity index (χ0n) is 16.7. The second kappa shape index (κ2) is 13.7. The maximum absolute atomic E-state index is 11.7. The Morgan fingerprint density at radius 3 is 2.42 bits per heavy atom. The molecule has 1 aromatic rings. The second-order valence-electron chi connectivity index (χ2n) is 6.44. The molecule has 1 rings (SSSR count). The molecule has 1 atom stereocenters. The van der Waals surface area contributed by atoms with E-state index in [0.717, 1.165) is 25.9 Å². The van der Waals surface area contributed by atoms with Crippen LogP contribution in [-0.4, -0.2) is 63.6 Å². The smallest absolute Gasteiger partial charge is 0.243 e. The summed E-state index contributed by atoms with van der Waals surface area (Å²) < 4.78 is 0. The predicted octanol–water partition coefficient (Wildman–Crippen LogP) is 2.55. The Labute approximate surface area is 175 Å². The monoisotopic (exact) mass is 475 g/mol. The first-order chi connectivity index (χ1) is 11.9. The van der Waals surface area contributed by atoms with Crippen molar-refractivity contribution in [3.8, 4) is 0 Å². The zero-order chi connectivity index (χ0) is 18.7. The van der Waals surface area contributed by atoms with Gasteiger partial charge < -0.3 is 20.4 Å². The number of likely N-dealkylation sites (N-methyl/N-ethyl adjacent to an activating group) is 1. The molecule has 1 amide bonds. The van der Waals surface area contributed by atoms with Crippen molar-refractivity contribution >= 4 is 41.5 Å². The summed E-state index contributed by atoms with van der Waals surface area (Å²) in [5.74, 6) is 0.695. The minimum atomic E-state index is -0.00550. The van der Waals surface area contributed by atoms with Crippen LogP contribution < -0.4 is 15.5 Å². The molecule has 148 valence electrons. The molecule has 0 saturated heterocycles. The van der Waals surface area contributed by atoms with Gasteiger partial charge >= 0.3 is 0 Å². The number of rotatable bonds is 9. The van der Waals surface area contributed by atoms with Crippen molar-refractivity contribution in [1.29, 1.82) is 0 Å². The Hall–Kier alpha value is -1.51. The molecule has 26 heavy (non-hydrogen) atoms. The molecule has 0 heterocycles. The summed E-state index contributed by atoms with van der Waals surface area (Å²) in [6.45, 7) is 6.13. The quantitative estimate of drug-likeness (QED) is 0.250. The van der Waals surface area contributed by atoms with Crippen LogP contribution in [-0.2, 0) is 4.79 Å². The molecular formula is C19H34IN5O. The first-order valence-electron chi connectivity index (χ1n) is 8.95.